The molecule has 2 heterocycles. The van der Waals surface area contributed by atoms with Crippen molar-refractivity contribution in [3.8, 4) is 0 Å². The Kier molecular flexibility index (Phi) is 16.5. The molecule has 3 unspecified atom stereocenters. The van der Waals surface area contributed by atoms with Gasteiger partial charge < -0.3 is 15.0 Å². The molecule has 0 aromatic carbocycles. The zero-order chi connectivity index (χ0) is 27.5. The van der Waals surface area contributed by atoms with Gasteiger partial charge in [-0.3, -0.25) is 9.56 Å². The van der Waals surface area contributed by atoms with Crippen LogP contribution in [0.4, 0.5) is 0 Å². The molecule has 2 rings (SSSR count). The fourth-order valence-corrected chi connectivity index (χ4v) is 5.00. The maximum absolute atomic E-state index is 11.8. The van der Waals surface area contributed by atoms with Crippen molar-refractivity contribution in [2.75, 3.05) is 26.2 Å². The van der Waals surface area contributed by atoms with E-state index < -0.39 is 7.37 Å². The molecule has 0 aromatic rings. The highest BCUT2D eigenvalue weighted by atomic mass is 31.2. The van der Waals surface area contributed by atoms with Crippen molar-refractivity contribution in [3.63, 3.8) is 0 Å². The summed E-state index contributed by atoms with van der Waals surface area (Å²) in [6.07, 6.45) is 25.7. The molecule has 10 heteroatoms. The summed E-state index contributed by atoms with van der Waals surface area (Å²) < 4.78 is 21.7. The molecule has 0 aliphatic carbocycles. The third-order valence-corrected chi connectivity index (χ3v) is 7.88. The van der Waals surface area contributed by atoms with Crippen LogP contribution in [0.2, 0.25) is 0 Å². The highest BCUT2D eigenvalue weighted by molar-refractivity contribution is 7.57. The highest BCUT2D eigenvalue weighted by Crippen LogP contribution is 2.39. The van der Waals surface area contributed by atoms with E-state index in [-0.39, 0.29) is 18.6 Å². The molecule has 216 valence electrons. The third kappa shape index (κ3) is 13.3. The van der Waals surface area contributed by atoms with E-state index in [1.54, 1.807) is 12.7 Å². The lowest BCUT2D eigenvalue weighted by molar-refractivity contribution is 0.140. The molecule has 0 spiro atoms. The summed E-state index contributed by atoms with van der Waals surface area (Å²) >= 11 is 0. The first-order valence-electron chi connectivity index (χ1n) is 14.5. The van der Waals surface area contributed by atoms with Crippen LogP contribution in [0, 0.1) is 0 Å². The topological polar surface area (TPSA) is 114 Å². The number of rotatable bonds is 22. The van der Waals surface area contributed by atoms with Crippen molar-refractivity contribution in [1.29, 1.82) is 0 Å². The van der Waals surface area contributed by atoms with E-state index in [9.17, 15) is 4.57 Å². The summed E-state index contributed by atoms with van der Waals surface area (Å²) in [5, 5.41) is 3.37. The van der Waals surface area contributed by atoms with Gasteiger partial charge in [0.25, 0.3) is 0 Å². The Balaban J connectivity index is 1.50. The smallest absolute Gasteiger partial charge is 0.241 e. The van der Waals surface area contributed by atoms with E-state index in [1.807, 2.05) is 4.90 Å². The van der Waals surface area contributed by atoms with E-state index in [4.69, 9.17) is 10.6 Å². The number of fused-ring (bicyclic) bond motifs is 1. The molecule has 2 aliphatic rings. The first kappa shape index (κ1) is 32.4. The Hall–Kier alpha value is -1.80. The molecular weight excluding hydrogens is 499 g/mol. The first-order chi connectivity index (χ1) is 18.5. The normalized spacial score (nSPS) is 20.1. The number of nitrogens with zero attached hydrogens (tertiary/aromatic N) is 4. The van der Waals surface area contributed by atoms with Crippen LogP contribution in [-0.4, -0.2) is 61.8 Å². The standard InChI is InChI=1S/C28H51N6O3P/c1-4-5-6-7-8-9-10-11-12-13-14-15-16-17-18-19-25(2)33-27-26-28(31-22-30-27)34(23-32-26)20-21-36-24-38(3,35)37-29/h11-12,22-23,26,28H,2,4-10,13-21,24,29H2,1,3H3,(H,30,31,33)/b12-11-. The van der Waals surface area contributed by atoms with Gasteiger partial charge in [0.05, 0.1) is 12.9 Å². The van der Waals surface area contributed by atoms with Gasteiger partial charge >= 0.3 is 0 Å². The van der Waals surface area contributed by atoms with Crippen molar-refractivity contribution < 1.29 is 13.9 Å². The summed E-state index contributed by atoms with van der Waals surface area (Å²) in [6, 6.07) is -0.185. The van der Waals surface area contributed by atoms with Gasteiger partial charge in [0.1, 0.15) is 24.6 Å². The molecule has 3 atom stereocenters. The third-order valence-electron chi connectivity index (χ3n) is 6.78. The van der Waals surface area contributed by atoms with Crippen molar-refractivity contribution in [2.24, 2.45) is 20.9 Å². The Labute approximate surface area is 230 Å². The van der Waals surface area contributed by atoms with Crippen LogP contribution in [0.15, 0.2) is 39.4 Å². The zero-order valence-electron chi connectivity index (χ0n) is 23.7. The van der Waals surface area contributed by atoms with Gasteiger partial charge in [-0.15, -0.1) is 0 Å². The molecular formula is C28H51N6O3P. The Morgan fingerprint density at radius 2 is 1.74 bits per heavy atom. The molecule has 0 amide bonds. The SMILES string of the molecule is C=C(CCCCCCC/C=C\CCCCCCCC)NC1=NC=NC2C1N=CN2CCOCP(C)(=O)ON. The minimum atomic E-state index is -2.89. The van der Waals surface area contributed by atoms with Gasteiger partial charge in [0.15, 0.2) is 6.17 Å². The molecule has 2 aliphatic heterocycles. The summed E-state index contributed by atoms with van der Waals surface area (Å²) in [5.41, 5.74) is 0.966. The van der Waals surface area contributed by atoms with Crippen LogP contribution in [0.3, 0.4) is 0 Å². The first-order valence-corrected chi connectivity index (χ1v) is 16.7. The monoisotopic (exact) mass is 550 g/mol. The van der Waals surface area contributed by atoms with E-state index >= 15 is 0 Å². The summed E-state index contributed by atoms with van der Waals surface area (Å²) in [6.45, 7) is 8.85. The van der Waals surface area contributed by atoms with Crippen molar-refractivity contribution in [3.05, 3.63) is 24.4 Å². The second-order valence-electron chi connectivity index (χ2n) is 10.4. The van der Waals surface area contributed by atoms with E-state index in [1.165, 1.54) is 83.7 Å². The summed E-state index contributed by atoms with van der Waals surface area (Å²) in [4.78, 5) is 15.5. The number of nitrogens with one attached hydrogen (secondary N) is 1. The minimum absolute atomic E-state index is 0.0176. The molecule has 0 aromatic heterocycles. The number of hydrogen-bond acceptors (Lipinski definition) is 9. The summed E-state index contributed by atoms with van der Waals surface area (Å²) in [7, 11) is -2.89. The Bertz CT molecular complexity index is 844. The molecule has 9 nitrogen and oxygen atoms in total. The van der Waals surface area contributed by atoms with Crippen LogP contribution < -0.4 is 11.2 Å². The van der Waals surface area contributed by atoms with Gasteiger partial charge in [-0.25, -0.2) is 20.5 Å². The lowest BCUT2D eigenvalue weighted by Gasteiger charge is -2.27. The lowest BCUT2D eigenvalue weighted by Crippen LogP contribution is -2.46. The maximum Gasteiger partial charge on any atom is 0.241 e. The van der Waals surface area contributed by atoms with E-state index in [0.29, 0.717) is 13.2 Å². The van der Waals surface area contributed by atoms with E-state index in [0.717, 1.165) is 24.4 Å². The molecule has 0 bridgehead atoms. The van der Waals surface area contributed by atoms with Crippen LogP contribution in [-0.2, 0) is 13.9 Å². The average Bonchev–Trinajstić information content (AvgIpc) is 3.33. The van der Waals surface area contributed by atoms with Crippen molar-refractivity contribution in [2.45, 2.75) is 109 Å². The second-order valence-corrected chi connectivity index (χ2v) is 12.9. The number of ether oxygens (including phenoxy) is 1. The fraction of sp³-hybridized carbons (Fsp3) is 0.750. The quantitative estimate of drug-likeness (QED) is 0.0700. The average molecular weight is 551 g/mol. The number of aliphatic imine (C=N–C) groups is 3. The Morgan fingerprint density at radius 3 is 2.42 bits per heavy atom. The summed E-state index contributed by atoms with van der Waals surface area (Å²) in [5.74, 6) is 5.80. The van der Waals surface area contributed by atoms with Gasteiger partial charge in [0, 0.05) is 18.9 Å². The predicted molar refractivity (Wildman–Crippen MR) is 160 cm³/mol. The van der Waals surface area contributed by atoms with Gasteiger partial charge in [-0.1, -0.05) is 77.0 Å². The molecule has 0 saturated heterocycles. The molecule has 0 radical (unpaired) electrons. The lowest BCUT2D eigenvalue weighted by atomic mass is 10.1. The fourth-order valence-electron chi connectivity index (χ4n) is 4.48. The van der Waals surface area contributed by atoms with Gasteiger partial charge in [-0.05, 0) is 38.5 Å². The van der Waals surface area contributed by atoms with Crippen molar-refractivity contribution >= 4 is 25.9 Å². The van der Waals surface area contributed by atoms with Gasteiger partial charge in [0.2, 0.25) is 7.37 Å². The van der Waals surface area contributed by atoms with Crippen LogP contribution in [0.25, 0.3) is 0 Å². The molecule has 0 saturated carbocycles. The number of allylic oxidation sites excluding steroid dienone is 3. The van der Waals surface area contributed by atoms with Crippen LogP contribution >= 0.6 is 7.37 Å². The van der Waals surface area contributed by atoms with Crippen LogP contribution in [0.1, 0.15) is 96.8 Å². The Morgan fingerprint density at radius 1 is 1.08 bits per heavy atom. The molecule has 3 N–H and O–H groups in total. The maximum atomic E-state index is 11.8. The van der Waals surface area contributed by atoms with Crippen molar-refractivity contribution in [1.82, 2.24) is 10.2 Å². The zero-order valence-corrected chi connectivity index (χ0v) is 24.6. The molecule has 38 heavy (non-hydrogen) atoms. The minimum Gasteiger partial charge on any atom is -0.369 e. The van der Waals surface area contributed by atoms with Gasteiger partial charge in [-0.2, -0.15) is 0 Å². The molecule has 0 fully saturated rings. The highest BCUT2D eigenvalue weighted by Gasteiger charge is 2.35. The van der Waals surface area contributed by atoms with Crippen LogP contribution in [0.5, 0.6) is 0 Å². The second kappa shape index (κ2) is 19.3. The number of unbranched alkanes of at least 4 members (excludes halogenated alkanes) is 11. The largest absolute Gasteiger partial charge is 0.369 e. The predicted octanol–water partition coefficient (Wildman–Crippen LogP) is 6.38. The number of amidine groups is 1. The van der Waals surface area contributed by atoms with E-state index in [2.05, 4.69) is 50.6 Å². The number of nitrogens with two attached hydrogens (primary N) is 1. The number of hydrogen-bond donors (Lipinski definition) is 2.